The summed E-state index contributed by atoms with van der Waals surface area (Å²) in [4.78, 5) is 62.6. The quantitative estimate of drug-likeness (QED) is 0.461. The number of rotatable bonds is 5. The van der Waals surface area contributed by atoms with Gasteiger partial charge < -0.3 is 15.1 Å². The normalized spacial score (nSPS) is 20.6. The van der Waals surface area contributed by atoms with Crippen molar-refractivity contribution in [2.24, 2.45) is 0 Å². The Kier molecular flexibility index (Phi) is 7.64. The Morgan fingerprint density at radius 1 is 1.12 bits per heavy atom. The summed E-state index contributed by atoms with van der Waals surface area (Å²) in [6.07, 6.45) is 3.41. The van der Waals surface area contributed by atoms with Gasteiger partial charge in [-0.25, -0.2) is 9.67 Å². The van der Waals surface area contributed by atoms with E-state index >= 15 is 0 Å². The SMILES string of the molecule is CNC(=O)[C@@H]1CN([C@H](C)c2ccc(N3CCCC3=O)nc2)C(=O)c2c3c(nn21)C[C@@H](C)N(C(=O)c1ccc(Cl)c(Cl)c1)C3. The molecule has 11 nitrogen and oxygen atoms in total. The maximum absolute atomic E-state index is 14.2. The van der Waals surface area contributed by atoms with Gasteiger partial charge in [0.15, 0.2) is 0 Å². The number of nitrogens with zero attached hydrogens (tertiary/aromatic N) is 6. The van der Waals surface area contributed by atoms with Crippen LogP contribution >= 0.6 is 23.2 Å². The van der Waals surface area contributed by atoms with E-state index in [1.807, 2.05) is 19.9 Å². The molecule has 2 aromatic heterocycles. The molecule has 0 unspecified atom stereocenters. The molecule has 0 spiro atoms. The molecule has 3 aliphatic rings. The van der Waals surface area contributed by atoms with Crippen LogP contribution in [0.25, 0.3) is 0 Å². The maximum Gasteiger partial charge on any atom is 0.273 e. The highest BCUT2D eigenvalue weighted by atomic mass is 35.5. The molecule has 1 saturated heterocycles. The van der Waals surface area contributed by atoms with Gasteiger partial charge in [-0.05, 0) is 50.1 Å². The number of carbonyl (C=O) groups excluding carboxylic acids is 4. The molecule has 3 aromatic rings. The number of amides is 4. The van der Waals surface area contributed by atoms with Crippen molar-refractivity contribution in [3.8, 4) is 0 Å². The van der Waals surface area contributed by atoms with E-state index in [9.17, 15) is 19.2 Å². The second-order valence-electron chi connectivity index (χ2n) is 11.2. The lowest BCUT2D eigenvalue weighted by Crippen LogP contribution is -2.49. The number of pyridine rings is 1. The smallest absolute Gasteiger partial charge is 0.273 e. The minimum absolute atomic E-state index is 0.0481. The van der Waals surface area contributed by atoms with Gasteiger partial charge in [-0.15, -0.1) is 0 Å². The monoisotopic (exact) mass is 623 g/mol. The fraction of sp³-hybridized carbons (Fsp3) is 0.400. The Labute approximate surface area is 258 Å². The number of halogens is 2. The van der Waals surface area contributed by atoms with Crippen molar-refractivity contribution < 1.29 is 19.2 Å². The van der Waals surface area contributed by atoms with Crippen molar-refractivity contribution >= 4 is 52.6 Å². The zero-order valence-electron chi connectivity index (χ0n) is 24.0. The number of benzene rings is 1. The van der Waals surface area contributed by atoms with Crippen LogP contribution in [-0.2, 0) is 22.6 Å². The molecule has 224 valence electrons. The van der Waals surface area contributed by atoms with Crippen LogP contribution in [0.5, 0.6) is 0 Å². The molecular weight excluding hydrogens is 593 g/mol. The average Bonchev–Trinajstić information content (AvgIpc) is 3.60. The van der Waals surface area contributed by atoms with Gasteiger partial charge in [0.05, 0.1) is 34.9 Å². The third-order valence-corrected chi connectivity index (χ3v) is 9.36. The summed E-state index contributed by atoms with van der Waals surface area (Å²) >= 11 is 12.3. The zero-order chi connectivity index (χ0) is 30.6. The zero-order valence-corrected chi connectivity index (χ0v) is 25.5. The van der Waals surface area contributed by atoms with Crippen molar-refractivity contribution in [2.75, 3.05) is 25.0 Å². The lowest BCUT2D eigenvalue weighted by molar-refractivity contribution is -0.125. The molecule has 13 heteroatoms. The Hall–Kier alpha value is -3.96. The largest absolute Gasteiger partial charge is 0.357 e. The van der Waals surface area contributed by atoms with Gasteiger partial charge in [0.1, 0.15) is 17.6 Å². The summed E-state index contributed by atoms with van der Waals surface area (Å²) in [5.74, 6) is -0.164. The molecule has 6 rings (SSSR count). The van der Waals surface area contributed by atoms with Crippen molar-refractivity contribution in [2.45, 2.75) is 57.8 Å². The Morgan fingerprint density at radius 2 is 1.91 bits per heavy atom. The van der Waals surface area contributed by atoms with E-state index in [-0.39, 0.29) is 47.8 Å². The lowest BCUT2D eigenvalue weighted by Gasteiger charge is -2.38. The molecule has 0 aliphatic carbocycles. The Morgan fingerprint density at radius 3 is 2.56 bits per heavy atom. The van der Waals surface area contributed by atoms with Crippen LogP contribution in [0.4, 0.5) is 5.82 Å². The average molecular weight is 625 g/mol. The lowest BCUT2D eigenvalue weighted by atomic mass is 9.96. The minimum Gasteiger partial charge on any atom is -0.357 e. The maximum atomic E-state index is 14.2. The number of hydrogen-bond acceptors (Lipinski definition) is 6. The summed E-state index contributed by atoms with van der Waals surface area (Å²) in [7, 11) is 1.55. The molecule has 1 N–H and O–H groups in total. The molecule has 0 radical (unpaired) electrons. The second kappa shape index (κ2) is 11.3. The molecule has 1 fully saturated rings. The summed E-state index contributed by atoms with van der Waals surface area (Å²) in [5.41, 5.74) is 2.78. The van der Waals surface area contributed by atoms with E-state index in [1.165, 1.54) is 10.7 Å². The van der Waals surface area contributed by atoms with Crippen LogP contribution in [0.3, 0.4) is 0 Å². The first-order valence-corrected chi connectivity index (χ1v) is 15.0. The van der Waals surface area contributed by atoms with E-state index in [1.54, 1.807) is 46.1 Å². The molecular formula is C30H31Cl2N7O4. The molecule has 5 heterocycles. The highest BCUT2D eigenvalue weighted by Gasteiger charge is 2.43. The predicted molar refractivity (Wildman–Crippen MR) is 160 cm³/mol. The molecule has 1 aromatic carbocycles. The number of likely N-dealkylation sites (N-methyl/N-ethyl adjacent to an activating group) is 1. The molecule has 0 saturated carbocycles. The van der Waals surface area contributed by atoms with Crippen molar-refractivity contribution in [1.29, 1.82) is 0 Å². The van der Waals surface area contributed by atoms with Crippen molar-refractivity contribution in [1.82, 2.24) is 29.9 Å². The Bertz CT molecular complexity index is 1640. The summed E-state index contributed by atoms with van der Waals surface area (Å²) < 4.78 is 1.52. The fourth-order valence-corrected chi connectivity index (χ4v) is 6.43. The number of fused-ring (bicyclic) bond motifs is 3. The summed E-state index contributed by atoms with van der Waals surface area (Å²) in [5, 5.41) is 8.09. The van der Waals surface area contributed by atoms with Crippen LogP contribution in [0.15, 0.2) is 36.5 Å². The topological polar surface area (TPSA) is 121 Å². The van der Waals surface area contributed by atoms with E-state index in [0.717, 1.165) is 12.0 Å². The number of aromatic nitrogens is 3. The van der Waals surface area contributed by atoms with Crippen molar-refractivity contribution in [3.63, 3.8) is 0 Å². The van der Waals surface area contributed by atoms with Crippen LogP contribution in [-0.4, -0.2) is 74.4 Å². The number of nitrogens with one attached hydrogen (secondary N) is 1. The van der Waals surface area contributed by atoms with Crippen LogP contribution in [0, 0.1) is 0 Å². The van der Waals surface area contributed by atoms with E-state index in [0.29, 0.717) is 52.7 Å². The van der Waals surface area contributed by atoms with Gasteiger partial charge in [0, 0.05) is 49.8 Å². The van der Waals surface area contributed by atoms with E-state index < -0.39 is 12.1 Å². The molecule has 3 aliphatic heterocycles. The molecule has 4 amide bonds. The van der Waals surface area contributed by atoms with Gasteiger partial charge >= 0.3 is 0 Å². The first-order chi connectivity index (χ1) is 20.6. The standard InChI is InChI=1S/C30H31Cl2N7O4/c1-16-11-23-20(14-37(16)29(42)18-6-8-21(31)22(32)12-18)27-30(43)38(15-24(28(41)33-3)39(27)35-23)17(2)19-7-9-25(34-13-19)36-10-4-5-26(36)40/h6-9,12-13,16-17,24H,4-5,10-11,14-15H2,1-3H3,(H,33,41)/t16-,17-,24+/m1/s1. The molecule has 3 atom stereocenters. The minimum atomic E-state index is -0.755. The predicted octanol–water partition coefficient (Wildman–Crippen LogP) is 3.80. The second-order valence-corrected chi connectivity index (χ2v) is 12.0. The third kappa shape index (κ3) is 5.04. The first kappa shape index (κ1) is 29.1. The van der Waals surface area contributed by atoms with Crippen LogP contribution in [0.1, 0.15) is 76.4 Å². The van der Waals surface area contributed by atoms with Gasteiger partial charge in [0.25, 0.3) is 11.8 Å². The third-order valence-electron chi connectivity index (χ3n) is 8.62. The van der Waals surface area contributed by atoms with Gasteiger partial charge in [-0.2, -0.15) is 5.10 Å². The van der Waals surface area contributed by atoms with Gasteiger partial charge in [-0.3, -0.25) is 24.1 Å². The van der Waals surface area contributed by atoms with E-state index in [4.69, 9.17) is 28.3 Å². The highest BCUT2D eigenvalue weighted by Crippen LogP contribution is 2.36. The van der Waals surface area contributed by atoms with Crippen molar-refractivity contribution in [3.05, 3.63) is 74.7 Å². The summed E-state index contributed by atoms with van der Waals surface area (Å²) in [6.45, 7) is 4.71. The van der Waals surface area contributed by atoms with Crippen LogP contribution in [0.2, 0.25) is 10.0 Å². The highest BCUT2D eigenvalue weighted by molar-refractivity contribution is 6.42. The number of carbonyl (C=O) groups is 4. The first-order valence-electron chi connectivity index (χ1n) is 14.2. The Balaban J connectivity index is 1.33. The number of anilines is 1. The number of hydrogen-bond donors (Lipinski definition) is 1. The fourth-order valence-electron chi connectivity index (χ4n) is 6.13. The summed E-state index contributed by atoms with van der Waals surface area (Å²) in [6, 6.07) is 7.02. The van der Waals surface area contributed by atoms with Gasteiger partial charge in [-0.1, -0.05) is 29.3 Å². The van der Waals surface area contributed by atoms with E-state index in [2.05, 4.69) is 10.3 Å². The molecule has 0 bridgehead atoms. The van der Waals surface area contributed by atoms with Gasteiger partial charge in [0.2, 0.25) is 11.8 Å². The van der Waals surface area contributed by atoms with Crippen LogP contribution < -0.4 is 10.2 Å². The molecule has 43 heavy (non-hydrogen) atoms.